The van der Waals surface area contributed by atoms with Crippen molar-refractivity contribution in [1.29, 1.82) is 0 Å². The van der Waals surface area contributed by atoms with Gasteiger partial charge in [0.2, 0.25) is 5.91 Å². The van der Waals surface area contributed by atoms with Crippen molar-refractivity contribution in [1.82, 2.24) is 19.8 Å². The molecule has 0 aliphatic carbocycles. The van der Waals surface area contributed by atoms with Crippen LogP contribution in [0.15, 0.2) is 91.3 Å². The van der Waals surface area contributed by atoms with E-state index in [-0.39, 0.29) is 24.4 Å². The van der Waals surface area contributed by atoms with Crippen LogP contribution < -0.4 is 15.4 Å². The van der Waals surface area contributed by atoms with Gasteiger partial charge in [-0.1, -0.05) is 35.9 Å². The molecular weight excluding hydrogens is 506 g/mol. The van der Waals surface area contributed by atoms with Crippen LogP contribution in [-0.4, -0.2) is 39.1 Å². The van der Waals surface area contributed by atoms with Crippen molar-refractivity contribution < 1.29 is 9.53 Å². The molecule has 0 bridgehead atoms. The van der Waals surface area contributed by atoms with Crippen LogP contribution in [0.4, 0.5) is 5.69 Å². The Morgan fingerprint density at radius 3 is 2.73 bits per heavy atom. The highest BCUT2D eigenvalue weighted by Gasteiger charge is 2.41. The molecule has 1 aliphatic rings. The van der Waals surface area contributed by atoms with Crippen LogP contribution in [0.3, 0.4) is 0 Å². The lowest BCUT2D eigenvalue weighted by molar-refractivity contribution is -0.116. The lowest BCUT2D eigenvalue weighted by Crippen LogP contribution is -2.33. The second-order valence-corrected chi connectivity index (χ2v) is 9.42. The van der Waals surface area contributed by atoms with Crippen molar-refractivity contribution in [2.75, 3.05) is 19.0 Å². The van der Waals surface area contributed by atoms with E-state index in [2.05, 4.69) is 31.2 Å². The molecule has 1 aliphatic heterocycles. The van der Waals surface area contributed by atoms with Gasteiger partial charge in [-0.2, -0.15) is 0 Å². The predicted octanol–water partition coefficient (Wildman–Crippen LogP) is 5.54. The number of nitrogens with one attached hydrogen (secondary N) is 2. The molecule has 188 valence electrons. The highest BCUT2D eigenvalue weighted by atomic mass is 35.5. The van der Waals surface area contributed by atoms with Crippen molar-refractivity contribution in [2.24, 2.45) is 0 Å². The van der Waals surface area contributed by atoms with Crippen LogP contribution >= 0.6 is 23.8 Å². The smallest absolute Gasteiger partial charge is 0.226 e. The van der Waals surface area contributed by atoms with E-state index in [4.69, 9.17) is 28.6 Å². The Bertz CT molecular complexity index is 1410. The molecule has 4 aromatic rings. The van der Waals surface area contributed by atoms with E-state index in [1.807, 2.05) is 79.0 Å². The van der Waals surface area contributed by atoms with Gasteiger partial charge in [0, 0.05) is 41.8 Å². The van der Waals surface area contributed by atoms with Gasteiger partial charge < -0.3 is 24.8 Å². The fourth-order valence-corrected chi connectivity index (χ4v) is 5.16. The fraction of sp³-hybridized carbons (Fsp3) is 0.179. The molecule has 2 aromatic carbocycles. The van der Waals surface area contributed by atoms with Gasteiger partial charge >= 0.3 is 0 Å². The van der Waals surface area contributed by atoms with Crippen molar-refractivity contribution >= 4 is 40.5 Å². The molecule has 2 atom stereocenters. The number of pyridine rings is 1. The number of rotatable bonds is 8. The maximum absolute atomic E-state index is 12.9. The molecule has 7 nitrogen and oxygen atoms in total. The number of hydrogen-bond acceptors (Lipinski definition) is 4. The van der Waals surface area contributed by atoms with Crippen molar-refractivity contribution in [3.8, 4) is 11.4 Å². The maximum Gasteiger partial charge on any atom is 0.226 e. The van der Waals surface area contributed by atoms with Gasteiger partial charge in [-0.3, -0.25) is 9.78 Å². The summed E-state index contributed by atoms with van der Waals surface area (Å²) in [4.78, 5) is 19.6. The van der Waals surface area contributed by atoms with E-state index in [9.17, 15) is 4.79 Å². The molecular formula is C28H26ClN5O2S. The molecule has 0 radical (unpaired) electrons. The minimum Gasteiger partial charge on any atom is -0.495 e. The summed E-state index contributed by atoms with van der Waals surface area (Å²) in [6.07, 6.45) is 4.02. The third-order valence-corrected chi connectivity index (χ3v) is 6.92. The summed E-state index contributed by atoms with van der Waals surface area (Å²) < 4.78 is 7.46. The Hall–Kier alpha value is -3.88. The summed E-state index contributed by atoms with van der Waals surface area (Å²) in [5.74, 6) is 0.485. The van der Waals surface area contributed by atoms with E-state index in [1.54, 1.807) is 13.3 Å². The third kappa shape index (κ3) is 5.30. The predicted molar refractivity (Wildman–Crippen MR) is 149 cm³/mol. The summed E-state index contributed by atoms with van der Waals surface area (Å²) in [5, 5.41) is 7.62. The standard InChI is InChI=1S/C28H26ClN5O2S/c1-36-24-13-3-2-10-21(24)31-25(35)14-17-34-27(26(32-28(34)37)22-11-4-5-15-30-22)23-12-7-16-33(23)20-9-6-8-19(29)18-20/h2-13,15-16,18,26-27H,14,17H2,1H3,(H,31,35)(H,32,37)/t26-,27-/m0/s1. The first kappa shape index (κ1) is 24.8. The van der Waals surface area contributed by atoms with Crippen molar-refractivity contribution in [2.45, 2.75) is 18.5 Å². The van der Waals surface area contributed by atoms with Gasteiger partial charge in [0.1, 0.15) is 5.75 Å². The largest absolute Gasteiger partial charge is 0.495 e. The molecule has 9 heteroatoms. The van der Waals surface area contributed by atoms with Crippen LogP contribution in [0.2, 0.25) is 5.02 Å². The SMILES string of the molecule is COc1ccccc1NC(=O)CCN1C(=S)N[C@@H](c2ccccn2)[C@@H]1c1cccn1-c1cccc(Cl)c1. The zero-order chi connectivity index (χ0) is 25.8. The normalized spacial score (nSPS) is 16.9. The van der Waals surface area contributed by atoms with E-state index in [0.29, 0.717) is 28.1 Å². The molecule has 2 aromatic heterocycles. The lowest BCUT2D eigenvalue weighted by Gasteiger charge is -2.29. The van der Waals surface area contributed by atoms with Crippen molar-refractivity contribution in [3.63, 3.8) is 0 Å². The number of para-hydroxylation sites is 2. The van der Waals surface area contributed by atoms with Crippen LogP contribution in [-0.2, 0) is 4.79 Å². The van der Waals surface area contributed by atoms with Gasteiger partial charge in [0.05, 0.1) is 30.6 Å². The number of carbonyl (C=O) groups is 1. The quantitative estimate of drug-likeness (QED) is 0.291. The first-order valence-corrected chi connectivity index (χ1v) is 12.7. The zero-order valence-electron chi connectivity index (χ0n) is 20.2. The molecule has 1 saturated heterocycles. The van der Waals surface area contributed by atoms with Crippen LogP contribution in [0, 0.1) is 0 Å². The number of methoxy groups -OCH3 is 1. The molecule has 0 saturated carbocycles. The van der Waals surface area contributed by atoms with Crippen LogP contribution in [0.25, 0.3) is 5.69 Å². The summed E-state index contributed by atoms with van der Waals surface area (Å²) in [6, 6.07) is 24.6. The summed E-state index contributed by atoms with van der Waals surface area (Å²) in [7, 11) is 1.58. The van der Waals surface area contributed by atoms with E-state index >= 15 is 0 Å². The van der Waals surface area contributed by atoms with Gasteiger partial charge in [0.25, 0.3) is 0 Å². The number of aromatic nitrogens is 2. The van der Waals surface area contributed by atoms with Crippen molar-refractivity contribution in [3.05, 3.63) is 108 Å². The molecule has 1 fully saturated rings. The third-order valence-electron chi connectivity index (χ3n) is 6.33. The number of anilines is 1. The van der Waals surface area contributed by atoms with Gasteiger partial charge in [-0.25, -0.2) is 0 Å². The number of thiocarbonyl (C=S) groups is 1. The topological polar surface area (TPSA) is 71.4 Å². The van der Waals surface area contributed by atoms with Crippen LogP contribution in [0.5, 0.6) is 5.75 Å². The average Bonchev–Trinajstić information content (AvgIpc) is 3.52. The number of nitrogens with zero attached hydrogens (tertiary/aromatic N) is 3. The van der Waals surface area contributed by atoms with Crippen LogP contribution in [0.1, 0.15) is 29.9 Å². The van der Waals surface area contributed by atoms with E-state index in [1.165, 1.54) is 0 Å². The average molecular weight is 532 g/mol. The number of halogens is 1. The molecule has 5 rings (SSSR count). The Kier molecular flexibility index (Phi) is 7.39. The second-order valence-electron chi connectivity index (χ2n) is 8.60. The Morgan fingerprint density at radius 1 is 1.11 bits per heavy atom. The first-order chi connectivity index (χ1) is 18.0. The Balaban J connectivity index is 1.44. The summed E-state index contributed by atoms with van der Waals surface area (Å²) >= 11 is 12.1. The summed E-state index contributed by atoms with van der Waals surface area (Å²) in [5.41, 5.74) is 3.46. The van der Waals surface area contributed by atoms with Gasteiger partial charge in [-0.05, 0) is 66.8 Å². The molecule has 2 N–H and O–H groups in total. The van der Waals surface area contributed by atoms with E-state index < -0.39 is 0 Å². The van der Waals surface area contributed by atoms with Gasteiger partial charge in [-0.15, -0.1) is 0 Å². The summed E-state index contributed by atoms with van der Waals surface area (Å²) in [6.45, 7) is 0.418. The maximum atomic E-state index is 12.9. The first-order valence-electron chi connectivity index (χ1n) is 11.9. The Morgan fingerprint density at radius 2 is 1.95 bits per heavy atom. The lowest BCUT2D eigenvalue weighted by atomic mass is 10.0. The molecule has 1 amide bonds. The molecule has 3 heterocycles. The number of ether oxygens (including phenoxy) is 1. The van der Waals surface area contributed by atoms with E-state index in [0.717, 1.165) is 17.1 Å². The molecule has 0 unspecified atom stereocenters. The number of hydrogen-bond donors (Lipinski definition) is 2. The number of amides is 1. The monoisotopic (exact) mass is 531 g/mol. The number of benzene rings is 2. The Labute approximate surface area is 226 Å². The minimum absolute atomic E-state index is 0.127. The highest BCUT2D eigenvalue weighted by Crippen LogP contribution is 2.39. The zero-order valence-corrected chi connectivity index (χ0v) is 21.7. The van der Waals surface area contributed by atoms with Gasteiger partial charge in [0.15, 0.2) is 5.11 Å². The fourth-order valence-electron chi connectivity index (χ4n) is 4.65. The second kappa shape index (κ2) is 11.0. The highest BCUT2D eigenvalue weighted by molar-refractivity contribution is 7.80. The molecule has 0 spiro atoms. The number of carbonyl (C=O) groups excluding carboxylic acids is 1. The minimum atomic E-state index is -0.199. The molecule has 37 heavy (non-hydrogen) atoms.